The van der Waals surface area contributed by atoms with E-state index in [1.54, 1.807) is 19.1 Å². The zero-order chi connectivity index (χ0) is 29.8. The van der Waals surface area contributed by atoms with Gasteiger partial charge in [-0.1, -0.05) is 12.1 Å². The van der Waals surface area contributed by atoms with Gasteiger partial charge in [0.2, 0.25) is 0 Å². The summed E-state index contributed by atoms with van der Waals surface area (Å²) < 4.78 is 44.4. The lowest BCUT2D eigenvalue weighted by atomic mass is 9.98. The van der Waals surface area contributed by atoms with Crippen molar-refractivity contribution in [2.75, 3.05) is 38.3 Å². The van der Waals surface area contributed by atoms with Crippen LogP contribution in [-0.4, -0.2) is 77.7 Å². The molecule has 0 saturated carbocycles. The molecule has 0 spiro atoms. The van der Waals surface area contributed by atoms with Gasteiger partial charge in [0.15, 0.2) is 5.82 Å². The first-order valence-electron chi connectivity index (χ1n) is 14.9. The van der Waals surface area contributed by atoms with Gasteiger partial charge in [0.05, 0.1) is 24.8 Å². The van der Waals surface area contributed by atoms with Gasteiger partial charge >= 0.3 is 11.6 Å². The van der Waals surface area contributed by atoms with Crippen molar-refractivity contribution in [1.82, 2.24) is 14.9 Å². The molecule has 0 aliphatic carbocycles. The van der Waals surface area contributed by atoms with Gasteiger partial charge < -0.3 is 23.9 Å². The van der Waals surface area contributed by atoms with Crippen molar-refractivity contribution < 1.29 is 27.8 Å². The van der Waals surface area contributed by atoms with E-state index in [1.165, 1.54) is 38.2 Å². The van der Waals surface area contributed by atoms with Crippen molar-refractivity contribution >= 4 is 27.5 Å². The Morgan fingerprint density at radius 1 is 1.12 bits per heavy atom. The van der Waals surface area contributed by atoms with Crippen LogP contribution in [0.1, 0.15) is 37.7 Å². The molecule has 4 atom stereocenters. The number of aromatic hydroxyl groups is 1. The summed E-state index contributed by atoms with van der Waals surface area (Å²) in [6, 6.07) is 8.28. The smallest absolute Gasteiger partial charge is 0.349 e. The van der Waals surface area contributed by atoms with Crippen molar-refractivity contribution in [3.8, 4) is 23.1 Å². The molecule has 0 radical (unpaired) electrons. The second kappa shape index (κ2) is 11.0. The largest absolute Gasteiger partial charge is 0.508 e. The normalized spacial score (nSPS) is 24.8. The van der Waals surface area contributed by atoms with Gasteiger partial charge in [0.25, 0.3) is 0 Å². The standard InChI is InChI=1S/C25H22FN3O5.C7H12FN/c1-12-21-20(23(28-25(27-21)32-2)29-8-6-18-17(29)7-9-33-18)24(31)34-22(12)15-11-14(30)10-13-4-3-5-16(26)19(13)15;8-6-4-7-2-1-3-9(7)5-6/h3-5,10-11,17-18,30H,6-9H2,1-2H3;6-7H,1-5H2. The topological polar surface area (TPSA) is 101 Å². The fourth-order valence-electron chi connectivity index (χ4n) is 7.31. The van der Waals surface area contributed by atoms with Gasteiger partial charge in [-0.25, -0.2) is 13.6 Å². The summed E-state index contributed by atoms with van der Waals surface area (Å²) in [5.74, 6) is 0.0365. The molecule has 4 saturated heterocycles. The van der Waals surface area contributed by atoms with Crippen molar-refractivity contribution in [3.63, 3.8) is 0 Å². The van der Waals surface area contributed by atoms with Gasteiger partial charge in [-0.15, -0.1) is 0 Å². The third kappa shape index (κ3) is 4.88. The highest BCUT2D eigenvalue weighted by Crippen LogP contribution is 2.40. The molecular formula is C32H34F2N4O5. The summed E-state index contributed by atoms with van der Waals surface area (Å²) in [5.41, 5.74) is 0.519. The summed E-state index contributed by atoms with van der Waals surface area (Å²) in [4.78, 5) is 26.8. The highest BCUT2D eigenvalue weighted by molar-refractivity contribution is 6.00. The third-order valence-electron chi connectivity index (χ3n) is 9.26. The number of benzene rings is 2. The van der Waals surface area contributed by atoms with E-state index in [9.17, 15) is 18.7 Å². The Morgan fingerprint density at radius 3 is 2.79 bits per heavy atom. The summed E-state index contributed by atoms with van der Waals surface area (Å²) in [6.07, 6.45) is 4.60. The molecule has 4 aromatic rings. The van der Waals surface area contributed by atoms with E-state index in [2.05, 4.69) is 19.8 Å². The van der Waals surface area contributed by atoms with Crippen LogP contribution in [0.5, 0.6) is 11.8 Å². The second-order valence-electron chi connectivity index (χ2n) is 11.8. The maximum atomic E-state index is 14.9. The van der Waals surface area contributed by atoms with E-state index in [0.29, 0.717) is 48.0 Å². The second-order valence-corrected chi connectivity index (χ2v) is 11.8. The van der Waals surface area contributed by atoms with Gasteiger partial charge in [0, 0.05) is 42.3 Å². The van der Waals surface area contributed by atoms with Crippen LogP contribution in [0.4, 0.5) is 14.6 Å². The molecule has 8 rings (SSSR count). The average Bonchev–Trinajstić information content (AvgIpc) is 3.77. The number of rotatable bonds is 3. The van der Waals surface area contributed by atoms with Crippen LogP contribution in [0.2, 0.25) is 0 Å². The lowest BCUT2D eigenvalue weighted by Gasteiger charge is -2.25. The number of halogens is 2. The van der Waals surface area contributed by atoms with Crippen molar-refractivity contribution in [1.29, 1.82) is 0 Å². The fraction of sp³-hybridized carbons (Fsp3) is 0.469. The predicted octanol–water partition coefficient (Wildman–Crippen LogP) is 5.13. The Morgan fingerprint density at radius 2 is 1.98 bits per heavy atom. The number of phenols is 1. The first kappa shape index (κ1) is 28.0. The monoisotopic (exact) mass is 592 g/mol. The summed E-state index contributed by atoms with van der Waals surface area (Å²) in [5, 5.41) is 11.3. The maximum Gasteiger partial charge on any atom is 0.349 e. The van der Waals surface area contributed by atoms with Gasteiger partial charge in [-0.05, 0) is 69.2 Å². The number of fused-ring (bicyclic) bond motifs is 4. The van der Waals surface area contributed by atoms with Crippen LogP contribution in [0.3, 0.4) is 0 Å². The van der Waals surface area contributed by atoms with Crippen LogP contribution in [0.15, 0.2) is 39.5 Å². The number of phenolic OH excluding ortho intramolecular Hbond substituents is 1. The van der Waals surface area contributed by atoms with Crippen LogP contribution in [-0.2, 0) is 4.74 Å². The Balaban J connectivity index is 0.000000283. The molecule has 4 aliphatic rings. The fourth-order valence-corrected chi connectivity index (χ4v) is 7.31. The molecule has 4 fully saturated rings. The predicted molar refractivity (Wildman–Crippen MR) is 158 cm³/mol. The molecular weight excluding hydrogens is 558 g/mol. The molecule has 4 unspecified atom stereocenters. The quantitative estimate of drug-likeness (QED) is 0.347. The summed E-state index contributed by atoms with van der Waals surface area (Å²) >= 11 is 0. The molecule has 0 amide bonds. The molecule has 1 N–H and O–H groups in total. The highest BCUT2D eigenvalue weighted by Gasteiger charge is 2.41. The van der Waals surface area contributed by atoms with Crippen LogP contribution in [0, 0.1) is 12.7 Å². The molecule has 6 heterocycles. The minimum Gasteiger partial charge on any atom is -0.508 e. The third-order valence-corrected chi connectivity index (χ3v) is 9.26. The molecule has 226 valence electrons. The first-order chi connectivity index (χ1) is 20.8. The zero-order valence-electron chi connectivity index (χ0n) is 24.2. The van der Waals surface area contributed by atoms with E-state index in [-0.39, 0.29) is 46.0 Å². The zero-order valence-corrected chi connectivity index (χ0v) is 24.2. The number of aryl methyl sites for hydroxylation is 1. The Hall–Kier alpha value is -3.83. The van der Waals surface area contributed by atoms with E-state index >= 15 is 0 Å². The minimum atomic E-state index is -0.636. The van der Waals surface area contributed by atoms with Gasteiger partial charge in [0.1, 0.15) is 28.9 Å². The molecule has 2 aromatic heterocycles. The van der Waals surface area contributed by atoms with Crippen molar-refractivity contribution in [2.45, 2.75) is 63.4 Å². The SMILES string of the molecule is COc1nc(N2CCC3OCCC32)c2c(=O)oc(-c3cc(O)cc4cccc(F)c34)c(C)c2n1.FC1CC2CCCN2C1. The van der Waals surface area contributed by atoms with Crippen molar-refractivity contribution in [3.05, 3.63) is 52.1 Å². The van der Waals surface area contributed by atoms with Crippen LogP contribution in [0.25, 0.3) is 33.0 Å². The lowest BCUT2D eigenvalue weighted by Crippen LogP contribution is -2.33. The van der Waals surface area contributed by atoms with Gasteiger partial charge in [-0.2, -0.15) is 9.97 Å². The Bertz CT molecular complexity index is 1750. The number of nitrogens with zero attached hydrogens (tertiary/aromatic N) is 4. The molecule has 9 nitrogen and oxygen atoms in total. The van der Waals surface area contributed by atoms with Gasteiger partial charge in [-0.3, -0.25) is 4.90 Å². The average molecular weight is 593 g/mol. The Labute approximate surface area is 247 Å². The molecule has 4 aliphatic heterocycles. The van der Waals surface area contributed by atoms with E-state index in [0.717, 1.165) is 25.8 Å². The summed E-state index contributed by atoms with van der Waals surface area (Å²) in [7, 11) is 1.47. The lowest BCUT2D eigenvalue weighted by molar-refractivity contribution is 0.113. The highest BCUT2D eigenvalue weighted by atomic mass is 19.1. The number of hydrogen-bond acceptors (Lipinski definition) is 9. The number of aromatic nitrogens is 2. The van der Waals surface area contributed by atoms with Crippen LogP contribution >= 0.6 is 0 Å². The number of methoxy groups -OCH3 is 1. The molecule has 11 heteroatoms. The molecule has 0 bridgehead atoms. The number of anilines is 1. The van der Waals surface area contributed by atoms with E-state index in [1.807, 2.05) is 0 Å². The molecule has 43 heavy (non-hydrogen) atoms. The first-order valence-corrected chi connectivity index (χ1v) is 14.9. The van der Waals surface area contributed by atoms with E-state index < -0.39 is 17.6 Å². The van der Waals surface area contributed by atoms with Crippen LogP contribution < -0.4 is 15.3 Å². The maximum absolute atomic E-state index is 14.9. The van der Waals surface area contributed by atoms with Crippen molar-refractivity contribution in [2.24, 2.45) is 0 Å². The van der Waals surface area contributed by atoms with E-state index in [4.69, 9.17) is 13.9 Å². The molecule has 2 aromatic carbocycles. The minimum absolute atomic E-state index is 0.0689. The summed E-state index contributed by atoms with van der Waals surface area (Å²) in [6.45, 7) is 4.96. The number of ether oxygens (including phenoxy) is 2. The number of alkyl halides is 1. The number of hydrogen-bond donors (Lipinski definition) is 1. The Kier molecular flexibility index (Phi) is 7.17.